The van der Waals surface area contributed by atoms with Gasteiger partial charge in [0.25, 0.3) is 0 Å². The number of aryl methyl sites for hydroxylation is 1. The van der Waals surface area contributed by atoms with Crippen LogP contribution in [0.3, 0.4) is 0 Å². The van der Waals surface area contributed by atoms with Crippen molar-refractivity contribution in [3.63, 3.8) is 0 Å². The fourth-order valence-corrected chi connectivity index (χ4v) is 3.15. The first kappa shape index (κ1) is 20.7. The normalized spacial score (nSPS) is 12.1. The molecule has 0 aliphatic carbocycles. The van der Waals surface area contributed by atoms with Crippen molar-refractivity contribution in [1.29, 1.82) is 0 Å². The van der Waals surface area contributed by atoms with Gasteiger partial charge >= 0.3 is 5.97 Å². The number of rotatable bonds is 8. The zero-order valence-electron chi connectivity index (χ0n) is 16.9. The summed E-state index contributed by atoms with van der Waals surface area (Å²) >= 11 is 0. The number of methoxy groups -OCH3 is 1. The summed E-state index contributed by atoms with van der Waals surface area (Å²) in [7, 11) is 3.53. The zero-order chi connectivity index (χ0) is 20.1. The molecule has 0 fully saturated rings. The van der Waals surface area contributed by atoms with E-state index in [0.717, 1.165) is 11.3 Å². The van der Waals surface area contributed by atoms with Crippen LogP contribution in [-0.2, 0) is 11.3 Å². The number of hydrogen-bond donors (Lipinski definition) is 1. The standard InChI is InChI=1S/C21H28N2O4/c1-7-27-21(25)18-13(2)19(22-14(18)3)20(24)15(4)23(5)12-16-10-8-9-11-17(16)26-6/h8-11,15,22H,7,12H2,1-6H3/t15-/m1/s1. The van der Waals surface area contributed by atoms with Gasteiger partial charge in [-0.2, -0.15) is 0 Å². The van der Waals surface area contributed by atoms with Crippen LogP contribution in [-0.4, -0.2) is 48.4 Å². The molecule has 146 valence electrons. The molecule has 6 heteroatoms. The van der Waals surface area contributed by atoms with Crippen LogP contribution in [0.1, 0.15) is 51.5 Å². The van der Waals surface area contributed by atoms with Gasteiger partial charge in [-0.25, -0.2) is 4.79 Å². The fraction of sp³-hybridized carbons (Fsp3) is 0.429. The first-order chi connectivity index (χ1) is 12.8. The van der Waals surface area contributed by atoms with E-state index in [1.165, 1.54) is 0 Å². The summed E-state index contributed by atoms with van der Waals surface area (Å²) in [4.78, 5) is 30.2. The lowest BCUT2D eigenvalue weighted by Crippen LogP contribution is -2.36. The minimum absolute atomic E-state index is 0.0662. The number of ketones is 1. The molecule has 1 atom stereocenters. The van der Waals surface area contributed by atoms with Crippen LogP contribution < -0.4 is 4.74 Å². The number of nitrogens with zero attached hydrogens (tertiary/aromatic N) is 1. The van der Waals surface area contributed by atoms with Crippen molar-refractivity contribution < 1.29 is 19.1 Å². The maximum atomic E-state index is 13.0. The molecule has 2 rings (SSSR count). The van der Waals surface area contributed by atoms with Gasteiger partial charge in [-0.05, 0) is 46.4 Å². The highest BCUT2D eigenvalue weighted by Crippen LogP contribution is 2.23. The maximum absolute atomic E-state index is 13.0. The van der Waals surface area contributed by atoms with E-state index < -0.39 is 5.97 Å². The van der Waals surface area contributed by atoms with Crippen molar-refractivity contribution in [2.45, 2.75) is 40.3 Å². The summed E-state index contributed by atoms with van der Waals surface area (Å²) in [5.74, 6) is 0.321. The number of hydrogen-bond acceptors (Lipinski definition) is 5. The van der Waals surface area contributed by atoms with E-state index in [-0.39, 0.29) is 11.8 Å². The van der Waals surface area contributed by atoms with Gasteiger partial charge in [-0.3, -0.25) is 9.69 Å². The number of ether oxygens (including phenoxy) is 2. The number of para-hydroxylation sites is 1. The van der Waals surface area contributed by atoms with Crippen molar-refractivity contribution >= 4 is 11.8 Å². The Morgan fingerprint density at radius 3 is 2.52 bits per heavy atom. The van der Waals surface area contributed by atoms with E-state index in [1.54, 1.807) is 27.9 Å². The predicted molar refractivity (Wildman–Crippen MR) is 104 cm³/mol. The first-order valence-corrected chi connectivity index (χ1v) is 9.04. The molecule has 0 aliphatic heterocycles. The van der Waals surface area contributed by atoms with Gasteiger partial charge in [0.2, 0.25) is 0 Å². The van der Waals surface area contributed by atoms with E-state index in [9.17, 15) is 9.59 Å². The molecule has 0 saturated heterocycles. The third-order valence-corrected chi connectivity index (χ3v) is 4.82. The molecule has 1 N–H and O–H groups in total. The van der Waals surface area contributed by atoms with E-state index in [1.807, 2.05) is 43.1 Å². The number of likely N-dealkylation sites (N-methyl/N-ethyl adjacent to an activating group) is 1. The van der Waals surface area contributed by atoms with Crippen molar-refractivity contribution in [2.24, 2.45) is 0 Å². The van der Waals surface area contributed by atoms with Crippen molar-refractivity contribution in [1.82, 2.24) is 9.88 Å². The number of nitrogens with one attached hydrogen (secondary N) is 1. The van der Waals surface area contributed by atoms with Crippen LogP contribution in [0.4, 0.5) is 0 Å². The van der Waals surface area contributed by atoms with Crippen LogP contribution in [0.25, 0.3) is 0 Å². The topological polar surface area (TPSA) is 71.6 Å². The summed E-state index contributed by atoms with van der Waals surface area (Å²) in [5, 5.41) is 0. The highest BCUT2D eigenvalue weighted by molar-refractivity contribution is 6.03. The lowest BCUT2D eigenvalue weighted by molar-refractivity contribution is 0.0525. The Bertz CT molecular complexity index is 826. The van der Waals surface area contributed by atoms with Gasteiger partial charge < -0.3 is 14.5 Å². The highest BCUT2D eigenvalue weighted by Gasteiger charge is 2.27. The van der Waals surface area contributed by atoms with E-state index in [2.05, 4.69) is 4.98 Å². The number of esters is 1. The molecule has 1 aromatic heterocycles. The lowest BCUT2D eigenvalue weighted by Gasteiger charge is -2.24. The molecule has 0 saturated carbocycles. The average molecular weight is 372 g/mol. The van der Waals surface area contributed by atoms with Gasteiger partial charge in [-0.1, -0.05) is 18.2 Å². The summed E-state index contributed by atoms with van der Waals surface area (Å²) in [6, 6.07) is 7.37. The number of carbonyl (C=O) groups excluding carboxylic acids is 2. The monoisotopic (exact) mass is 372 g/mol. The molecule has 0 amide bonds. The molecule has 0 radical (unpaired) electrons. The van der Waals surface area contributed by atoms with Gasteiger partial charge in [0.1, 0.15) is 5.75 Å². The Morgan fingerprint density at radius 2 is 1.89 bits per heavy atom. The van der Waals surface area contributed by atoms with E-state index in [4.69, 9.17) is 9.47 Å². The van der Waals surface area contributed by atoms with Crippen LogP contribution >= 0.6 is 0 Å². The molecular formula is C21H28N2O4. The smallest absolute Gasteiger partial charge is 0.340 e. The Morgan fingerprint density at radius 1 is 1.22 bits per heavy atom. The number of Topliss-reactive ketones (excluding diaryl/α,β-unsaturated/α-hetero) is 1. The zero-order valence-corrected chi connectivity index (χ0v) is 16.9. The minimum atomic E-state index is -0.405. The number of H-pyrrole nitrogens is 1. The van der Waals surface area contributed by atoms with Gasteiger partial charge in [-0.15, -0.1) is 0 Å². The Balaban J connectivity index is 2.22. The van der Waals surface area contributed by atoms with Crippen molar-refractivity contribution in [3.8, 4) is 5.75 Å². The van der Waals surface area contributed by atoms with Crippen LogP contribution in [0.5, 0.6) is 5.75 Å². The molecule has 1 heterocycles. The SMILES string of the molecule is CCOC(=O)c1c(C)[nH]c(C(=O)[C@@H](C)N(C)Cc2ccccc2OC)c1C. The molecule has 1 aromatic carbocycles. The van der Waals surface area contributed by atoms with Crippen LogP contribution in [0.15, 0.2) is 24.3 Å². The predicted octanol–water partition coefficient (Wildman–Crippen LogP) is 3.52. The second-order valence-electron chi connectivity index (χ2n) is 6.61. The van der Waals surface area contributed by atoms with E-state index >= 15 is 0 Å². The second kappa shape index (κ2) is 8.86. The molecule has 0 aliphatic rings. The van der Waals surface area contributed by atoms with Crippen molar-refractivity contribution in [3.05, 3.63) is 52.3 Å². The Hall–Kier alpha value is -2.60. The minimum Gasteiger partial charge on any atom is -0.496 e. The Kier molecular flexibility index (Phi) is 6.80. The van der Waals surface area contributed by atoms with Crippen molar-refractivity contribution in [2.75, 3.05) is 20.8 Å². The molecule has 6 nitrogen and oxygen atoms in total. The summed E-state index contributed by atoms with van der Waals surface area (Å²) in [6.07, 6.45) is 0. The lowest BCUT2D eigenvalue weighted by atomic mass is 10.0. The number of benzene rings is 1. The fourth-order valence-electron chi connectivity index (χ4n) is 3.15. The number of aromatic amines is 1. The second-order valence-corrected chi connectivity index (χ2v) is 6.61. The van der Waals surface area contributed by atoms with Gasteiger partial charge in [0.05, 0.1) is 31.0 Å². The average Bonchev–Trinajstić information content (AvgIpc) is 2.95. The molecular weight excluding hydrogens is 344 g/mol. The summed E-state index contributed by atoms with van der Waals surface area (Å²) in [6.45, 7) is 8.04. The molecule has 0 unspecified atom stereocenters. The maximum Gasteiger partial charge on any atom is 0.340 e. The van der Waals surface area contributed by atoms with Crippen LogP contribution in [0, 0.1) is 13.8 Å². The van der Waals surface area contributed by atoms with E-state index in [0.29, 0.717) is 35.7 Å². The number of aromatic nitrogens is 1. The first-order valence-electron chi connectivity index (χ1n) is 9.04. The molecule has 2 aromatic rings. The van der Waals surface area contributed by atoms with Gasteiger partial charge in [0, 0.05) is 17.8 Å². The highest BCUT2D eigenvalue weighted by atomic mass is 16.5. The molecule has 27 heavy (non-hydrogen) atoms. The Labute approximate surface area is 160 Å². The number of carbonyl (C=O) groups is 2. The third kappa shape index (κ3) is 4.39. The molecule has 0 spiro atoms. The quantitative estimate of drug-likeness (QED) is 0.567. The van der Waals surface area contributed by atoms with Gasteiger partial charge in [0.15, 0.2) is 5.78 Å². The summed E-state index contributed by atoms with van der Waals surface area (Å²) in [5.41, 5.74) is 3.19. The molecule has 0 bridgehead atoms. The van der Waals surface area contributed by atoms with Crippen LogP contribution in [0.2, 0.25) is 0 Å². The largest absolute Gasteiger partial charge is 0.496 e. The third-order valence-electron chi connectivity index (χ3n) is 4.82. The summed E-state index contributed by atoms with van der Waals surface area (Å²) < 4.78 is 10.5.